The lowest BCUT2D eigenvalue weighted by Crippen LogP contribution is -2.47. The fourth-order valence-electron chi connectivity index (χ4n) is 4.54. The fourth-order valence-corrected chi connectivity index (χ4v) is 5.58. The van der Waals surface area contributed by atoms with Crippen molar-refractivity contribution in [2.45, 2.75) is 63.3 Å². The number of likely N-dealkylation sites (N-methyl/N-ethyl adjacent to an activating group) is 1. The van der Waals surface area contributed by atoms with E-state index in [9.17, 15) is 18.3 Å². The summed E-state index contributed by atoms with van der Waals surface area (Å²) in [7, 11) is 1.69. The van der Waals surface area contributed by atoms with Gasteiger partial charge in [-0.2, -0.15) is 8.42 Å². The van der Waals surface area contributed by atoms with Gasteiger partial charge in [0.2, 0.25) is 0 Å². The Morgan fingerprint density at radius 3 is 2.64 bits per heavy atom. The molecule has 39 heavy (non-hydrogen) atoms. The molecule has 3 rings (SSSR count). The number of ether oxygens (including phenoxy) is 2. The molecule has 1 aliphatic rings. The van der Waals surface area contributed by atoms with Crippen LogP contribution in [-0.4, -0.2) is 97.4 Å². The first-order chi connectivity index (χ1) is 18.4. The number of carbonyl (C=O) groups is 1. The minimum absolute atomic E-state index is 0.0255. The minimum atomic E-state index is -3.97. The molecule has 0 saturated carbocycles. The maximum atomic E-state index is 14.1. The summed E-state index contributed by atoms with van der Waals surface area (Å²) in [5, 5.41) is 9.91. The number of amides is 1. The molecule has 0 bridgehead atoms. The Balaban J connectivity index is 2.02. The van der Waals surface area contributed by atoms with Crippen molar-refractivity contribution in [1.82, 2.24) is 19.4 Å². The third kappa shape index (κ3) is 8.41. The van der Waals surface area contributed by atoms with E-state index < -0.39 is 16.1 Å². The van der Waals surface area contributed by atoms with E-state index in [1.54, 1.807) is 35.6 Å². The Morgan fingerprint density at radius 2 is 2.00 bits per heavy atom. The average molecular weight is 566 g/mol. The number of aryl methyl sites for hydroxylation is 1. The zero-order chi connectivity index (χ0) is 28.7. The molecule has 4 atom stereocenters. The highest BCUT2D eigenvalue weighted by molar-refractivity contribution is 7.92. The highest BCUT2D eigenvalue weighted by Gasteiger charge is 2.30. The number of hydrogen-bond acceptors (Lipinski definition) is 8. The Bertz CT molecular complexity index is 1200. The summed E-state index contributed by atoms with van der Waals surface area (Å²) in [6.07, 6.45) is 5.10. The largest absolute Gasteiger partial charge is 0.490 e. The molecule has 0 radical (unpaired) electrons. The molecule has 11 nitrogen and oxygen atoms in total. The molecular formula is C27H43N5O6S. The zero-order valence-electron chi connectivity index (χ0n) is 23.8. The first-order valence-corrected chi connectivity index (χ1v) is 14.9. The van der Waals surface area contributed by atoms with Crippen LogP contribution in [0, 0.1) is 5.92 Å². The fraction of sp³-hybridized carbons (Fsp3) is 0.630. The summed E-state index contributed by atoms with van der Waals surface area (Å²) in [6.45, 7) is 7.22. The Kier molecular flexibility index (Phi) is 10.8. The lowest BCUT2D eigenvalue weighted by Gasteiger charge is -2.35. The maximum Gasteiger partial charge on any atom is 0.280 e. The normalized spacial score (nSPS) is 22.6. The number of fused-ring (bicyclic) bond motifs is 1. The third-order valence-electron chi connectivity index (χ3n) is 6.81. The number of rotatable bonds is 7. The van der Waals surface area contributed by atoms with Gasteiger partial charge in [0.25, 0.3) is 15.9 Å². The van der Waals surface area contributed by atoms with Gasteiger partial charge < -0.3 is 28.9 Å². The first kappa shape index (κ1) is 30.9. The van der Waals surface area contributed by atoms with E-state index in [4.69, 9.17) is 9.47 Å². The molecule has 0 aliphatic carbocycles. The summed E-state index contributed by atoms with van der Waals surface area (Å²) in [4.78, 5) is 21.7. The number of nitrogens with one attached hydrogen (secondary N) is 1. The molecule has 0 spiro atoms. The second kappa shape index (κ2) is 13.6. The van der Waals surface area contributed by atoms with Crippen molar-refractivity contribution >= 4 is 21.6 Å². The second-order valence-electron chi connectivity index (χ2n) is 10.8. The van der Waals surface area contributed by atoms with Crippen LogP contribution in [0.2, 0.25) is 0 Å². The number of aromatic nitrogens is 2. The molecule has 218 valence electrons. The van der Waals surface area contributed by atoms with Gasteiger partial charge in [-0.15, -0.1) is 0 Å². The molecule has 12 heteroatoms. The number of imidazole rings is 1. The summed E-state index contributed by atoms with van der Waals surface area (Å²) in [5.74, 6) is -0.0122. The van der Waals surface area contributed by atoms with Crippen molar-refractivity contribution in [3.05, 3.63) is 36.3 Å². The van der Waals surface area contributed by atoms with Crippen LogP contribution in [-0.2, 0) is 21.8 Å². The summed E-state index contributed by atoms with van der Waals surface area (Å²) >= 11 is 0. The lowest BCUT2D eigenvalue weighted by molar-refractivity contribution is -0.0137. The average Bonchev–Trinajstić information content (AvgIpc) is 3.32. The van der Waals surface area contributed by atoms with Crippen LogP contribution in [0.25, 0.3) is 0 Å². The van der Waals surface area contributed by atoms with Crippen LogP contribution in [0.1, 0.15) is 50.4 Å². The SMILES string of the molecule is C[C@H](CO)N1C[C@H](C)[C@H](CN(C)C)OCCCC[C@H](C)Oc2ccc(NS(=O)(=O)c3cn(C)cn3)cc2C1=O. The van der Waals surface area contributed by atoms with Crippen LogP contribution < -0.4 is 9.46 Å². The number of benzene rings is 1. The number of aliphatic hydroxyl groups is 1. The molecule has 1 aromatic heterocycles. The summed E-state index contributed by atoms with van der Waals surface area (Å²) in [5.41, 5.74) is 0.432. The standard InChI is InChI=1S/C27H43N5O6S/c1-19-14-32(20(2)17-33)27(34)23-13-22(29-39(35,36)26-16-31(6)18-28-26)10-11-24(23)38-21(3)9-7-8-12-37-25(19)15-30(4)5/h10-11,13,16,18-21,25,29,33H,7-9,12,14-15,17H2,1-6H3/t19-,20+,21-,25-/m0/s1. The molecule has 2 aromatic rings. The van der Waals surface area contributed by atoms with E-state index in [0.29, 0.717) is 25.4 Å². The second-order valence-corrected chi connectivity index (χ2v) is 12.4. The molecular weight excluding hydrogens is 522 g/mol. The monoisotopic (exact) mass is 565 g/mol. The number of nitrogens with zero attached hydrogens (tertiary/aromatic N) is 4. The quantitative estimate of drug-likeness (QED) is 0.525. The van der Waals surface area contributed by atoms with E-state index >= 15 is 0 Å². The zero-order valence-corrected chi connectivity index (χ0v) is 24.6. The van der Waals surface area contributed by atoms with Gasteiger partial charge >= 0.3 is 0 Å². The van der Waals surface area contributed by atoms with Crippen LogP contribution in [0.15, 0.2) is 35.7 Å². The number of aliphatic hydroxyl groups excluding tert-OH is 1. The van der Waals surface area contributed by atoms with E-state index in [1.165, 1.54) is 18.6 Å². The van der Waals surface area contributed by atoms with Crippen molar-refractivity contribution < 1.29 is 27.8 Å². The van der Waals surface area contributed by atoms with Gasteiger partial charge in [0.05, 0.1) is 36.7 Å². The Morgan fingerprint density at radius 1 is 1.26 bits per heavy atom. The topological polar surface area (TPSA) is 126 Å². The molecule has 1 aromatic carbocycles. The van der Waals surface area contributed by atoms with Gasteiger partial charge in [0, 0.05) is 44.5 Å². The summed E-state index contributed by atoms with van der Waals surface area (Å²) in [6, 6.07) is 4.21. The minimum Gasteiger partial charge on any atom is -0.490 e. The van der Waals surface area contributed by atoms with Gasteiger partial charge in [-0.05, 0) is 65.4 Å². The number of carbonyl (C=O) groups excluding carboxylic acids is 1. The van der Waals surface area contributed by atoms with Crippen LogP contribution in [0.3, 0.4) is 0 Å². The van der Waals surface area contributed by atoms with Crippen molar-refractivity contribution in [3.63, 3.8) is 0 Å². The van der Waals surface area contributed by atoms with Crippen LogP contribution >= 0.6 is 0 Å². The maximum absolute atomic E-state index is 14.1. The molecule has 0 fully saturated rings. The molecule has 1 amide bonds. The van der Waals surface area contributed by atoms with Gasteiger partial charge in [-0.25, -0.2) is 4.98 Å². The number of hydrogen-bond donors (Lipinski definition) is 2. The van der Waals surface area contributed by atoms with Crippen molar-refractivity contribution in [2.75, 3.05) is 45.1 Å². The third-order valence-corrected chi connectivity index (χ3v) is 8.07. The van der Waals surface area contributed by atoms with Gasteiger partial charge in [0.15, 0.2) is 5.03 Å². The first-order valence-electron chi connectivity index (χ1n) is 13.4. The van der Waals surface area contributed by atoms with E-state index in [2.05, 4.69) is 14.6 Å². The number of sulfonamides is 1. The summed E-state index contributed by atoms with van der Waals surface area (Å²) < 4.78 is 42.4. The van der Waals surface area contributed by atoms with Gasteiger partial charge in [-0.3, -0.25) is 9.52 Å². The van der Waals surface area contributed by atoms with E-state index in [0.717, 1.165) is 19.3 Å². The molecule has 0 saturated heterocycles. The Labute approximate surface area is 232 Å². The van der Waals surface area contributed by atoms with Crippen molar-refractivity contribution in [1.29, 1.82) is 0 Å². The van der Waals surface area contributed by atoms with Crippen molar-refractivity contribution in [2.24, 2.45) is 13.0 Å². The smallest absolute Gasteiger partial charge is 0.280 e. The van der Waals surface area contributed by atoms with Gasteiger partial charge in [-0.1, -0.05) is 6.92 Å². The van der Waals surface area contributed by atoms with E-state index in [-0.39, 0.29) is 46.9 Å². The number of anilines is 1. The van der Waals surface area contributed by atoms with Crippen molar-refractivity contribution in [3.8, 4) is 5.75 Å². The predicted molar refractivity (Wildman–Crippen MR) is 149 cm³/mol. The van der Waals surface area contributed by atoms with Crippen LogP contribution in [0.5, 0.6) is 5.75 Å². The van der Waals surface area contributed by atoms with Gasteiger partial charge in [0.1, 0.15) is 5.75 Å². The highest BCUT2D eigenvalue weighted by Crippen LogP contribution is 2.29. The predicted octanol–water partition coefficient (Wildman–Crippen LogP) is 2.58. The van der Waals surface area contributed by atoms with Crippen LogP contribution in [0.4, 0.5) is 5.69 Å². The molecule has 0 unspecified atom stereocenters. The van der Waals surface area contributed by atoms with E-state index in [1.807, 2.05) is 27.9 Å². The highest BCUT2D eigenvalue weighted by atomic mass is 32.2. The molecule has 2 heterocycles. The molecule has 1 aliphatic heterocycles. The molecule has 2 N–H and O–H groups in total. The lowest BCUT2D eigenvalue weighted by atomic mass is 10.0. The Hall–Kier alpha value is -2.67.